The van der Waals surface area contributed by atoms with Gasteiger partial charge in [-0.2, -0.15) is 0 Å². The lowest BCUT2D eigenvalue weighted by Crippen LogP contribution is -2.17. The van der Waals surface area contributed by atoms with Gasteiger partial charge >= 0.3 is 6.36 Å². The van der Waals surface area contributed by atoms with Crippen molar-refractivity contribution >= 4 is 15.7 Å². The summed E-state index contributed by atoms with van der Waals surface area (Å²) in [5.41, 5.74) is 0.579. The predicted molar refractivity (Wildman–Crippen MR) is 84.8 cm³/mol. The molecule has 1 aromatic heterocycles. The second-order valence-corrected chi connectivity index (χ2v) is 7.39. The minimum Gasteiger partial charge on any atom is -0.436 e. The molecule has 1 atom stereocenters. The Morgan fingerprint density at radius 2 is 1.74 bits per heavy atom. The standard InChI is InChI=1S/C15H12F3N3O5S/c1-27(22,23)14-19-7-11(8-20-14)24-13-6-12(26-21-13)9-2-4-10(5-3-9)25-15(16,17)18/h2-5,7-8,12H,6H2,1H3/t12-/m0/s1. The first kappa shape index (κ1) is 18.9. The van der Waals surface area contributed by atoms with E-state index in [1.807, 2.05) is 0 Å². The highest BCUT2D eigenvalue weighted by Crippen LogP contribution is 2.30. The van der Waals surface area contributed by atoms with Crippen molar-refractivity contribution in [1.29, 1.82) is 0 Å². The summed E-state index contributed by atoms with van der Waals surface area (Å²) in [5, 5.41) is 3.42. The summed E-state index contributed by atoms with van der Waals surface area (Å²) in [6.45, 7) is 0. The first-order chi connectivity index (χ1) is 12.6. The van der Waals surface area contributed by atoms with Gasteiger partial charge in [0.2, 0.25) is 20.9 Å². The molecule has 0 saturated heterocycles. The molecule has 2 heterocycles. The third-order valence-electron chi connectivity index (χ3n) is 3.30. The Balaban J connectivity index is 1.60. The molecular weight excluding hydrogens is 391 g/mol. The smallest absolute Gasteiger partial charge is 0.436 e. The molecule has 0 saturated carbocycles. The second kappa shape index (κ2) is 7.02. The number of hydrogen-bond acceptors (Lipinski definition) is 8. The molecule has 27 heavy (non-hydrogen) atoms. The van der Waals surface area contributed by atoms with Gasteiger partial charge in [0, 0.05) is 6.26 Å². The van der Waals surface area contributed by atoms with Crippen molar-refractivity contribution in [3.63, 3.8) is 0 Å². The lowest BCUT2D eigenvalue weighted by molar-refractivity contribution is -0.274. The Morgan fingerprint density at radius 1 is 1.11 bits per heavy atom. The normalized spacial score (nSPS) is 17.2. The van der Waals surface area contributed by atoms with Crippen LogP contribution < -0.4 is 9.47 Å². The zero-order valence-corrected chi connectivity index (χ0v) is 14.5. The number of ether oxygens (including phenoxy) is 2. The fourth-order valence-electron chi connectivity index (χ4n) is 2.16. The molecule has 0 unspecified atom stereocenters. The summed E-state index contributed by atoms with van der Waals surface area (Å²) >= 11 is 0. The minimum absolute atomic E-state index is 0.166. The van der Waals surface area contributed by atoms with E-state index in [4.69, 9.17) is 9.57 Å². The molecule has 0 spiro atoms. The maximum Gasteiger partial charge on any atom is 0.573 e. The molecule has 3 rings (SSSR count). The molecule has 0 radical (unpaired) electrons. The Labute approximate surface area is 151 Å². The molecule has 0 aliphatic carbocycles. The van der Waals surface area contributed by atoms with Crippen LogP contribution in [0.1, 0.15) is 18.1 Å². The van der Waals surface area contributed by atoms with Crippen LogP contribution in [0.25, 0.3) is 0 Å². The number of sulfone groups is 1. The minimum atomic E-state index is -4.76. The summed E-state index contributed by atoms with van der Waals surface area (Å²) in [4.78, 5) is 12.6. The molecule has 0 N–H and O–H groups in total. The lowest BCUT2D eigenvalue weighted by Gasteiger charge is -2.11. The largest absolute Gasteiger partial charge is 0.573 e. The van der Waals surface area contributed by atoms with Crippen LogP contribution in [0.5, 0.6) is 11.5 Å². The van der Waals surface area contributed by atoms with Crippen LogP contribution >= 0.6 is 0 Å². The molecule has 0 amide bonds. The van der Waals surface area contributed by atoms with Gasteiger partial charge in [0.15, 0.2) is 11.9 Å². The number of nitrogens with zero attached hydrogens (tertiary/aromatic N) is 3. The van der Waals surface area contributed by atoms with E-state index in [2.05, 4.69) is 19.9 Å². The molecule has 12 heteroatoms. The van der Waals surface area contributed by atoms with Crippen molar-refractivity contribution in [2.75, 3.05) is 6.26 Å². The topological polar surface area (TPSA) is 100.0 Å². The van der Waals surface area contributed by atoms with Gasteiger partial charge in [0.05, 0.1) is 18.8 Å². The summed E-state index contributed by atoms with van der Waals surface area (Å²) in [5.74, 6) is 0.00963. The zero-order valence-electron chi connectivity index (χ0n) is 13.7. The average Bonchev–Trinajstić information content (AvgIpc) is 3.02. The molecule has 0 fully saturated rings. The van der Waals surface area contributed by atoms with E-state index in [0.717, 1.165) is 6.26 Å². The van der Waals surface area contributed by atoms with Gasteiger partial charge < -0.3 is 14.3 Å². The third kappa shape index (κ3) is 5.06. The van der Waals surface area contributed by atoms with Gasteiger partial charge in [-0.3, -0.25) is 0 Å². The fourth-order valence-corrected chi connectivity index (χ4v) is 2.65. The van der Waals surface area contributed by atoms with E-state index in [0.29, 0.717) is 5.56 Å². The number of benzene rings is 1. The molecule has 1 aliphatic rings. The van der Waals surface area contributed by atoms with Crippen molar-refractivity contribution in [2.24, 2.45) is 5.16 Å². The van der Waals surface area contributed by atoms with Gasteiger partial charge in [-0.25, -0.2) is 18.4 Å². The van der Waals surface area contributed by atoms with Crippen LogP contribution in [-0.4, -0.2) is 36.9 Å². The van der Waals surface area contributed by atoms with Crippen LogP contribution in [0.3, 0.4) is 0 Å². The molecule has 1 aromatic carbocycles. The number of hydrogen-bond donors (Lipinski definition) is 0. The van der Waals surface area contributed by atoms with E-state index >= 15 is 0 Å². The van der Waals surface area contributed by atoms with Crippen molar-refractivity contribution < 1.29 is 35.9 Å². The Bertz CT molecular complexity index is 944. The van der Waals surface area contributed by atoms with Crippen LogP contribution in [0, 0.1) is 0 Å². The van der Waals surface area contributed by atoms with Crippen LogP contribution in [-0.2, 0) is 14.7 Å². The van der Waals surface area contributed by atoms with E-state index in [1.165, 1.54) is 36.7 Å². The molecule has 2 aromatic rings. The summed E-state index contributed by atoms with van der Waals surface area (Å²) in [6, 6.07) is 5.19. The first-order valence-electron chi connectivity index (χ1n) is 7.38. The number of rotatable bonds is 4. The van der Waals surface area contributed by atoms with Gasteiger partial charge in [-0.1, -0.05) is 17.3 Å². The van der Waals surface area contributed by atoms with Crippen LogP contribution in [0.4, 0.5) is 13.2 Å². The fraction of sp³-hybridized carbons (Fsp3) is 0.267. The average molecular weight is 403 g/mol. The molecule has 0 bridgehead atoms. The first-order valence-corrected chi connectivity index (χ1v) is 9.28. The maximum atomic E-state index is 12.2. The molecule has 144 valence electrons. The van der Waals surface area contributed by atoms with E-state index < -0.39 is 22.3 Å². The Hall–Kier alpha value is -2.89. The Kier molecular flexibility index (Phi) is 4.91. The van der Waals surface area contributed by atoms with Crippen molar-refractivity contribution in [3.8, 4) is 11.5 Å². The quantitative estimate of drug-likeness (QED) is 0.724. The summed E-state index contributed by atoms with van der Waals surface area (Å²) in [7, 11) is -3.52. The van der Waals surface area contributed by atoms with E-state index in [1.54, 1.807) is 0 Å². The molecular formula is C15H12F3N3O5S. The number of alkyl halides is 3. The van der Waals surface area contributed by atoms with Crippen molar-refractivity contribution in [2.45, 2.75) is 24.0 Å². The highest BCUT2D eigenvalue weighted by Gasteiger charge is 2.31. The Morgan fingerprint density at radius 3 is 2.30 bits per heavy atom. The van der Waals surface area contributed by atoms with Gasteiger partial charge in [0.25, 0.3) is 0 Å². The van der Waals surface area contributed by atoms with Gasteiger partial charge in [-0.05, 0) is 17.7 Å². The van der Waals surface area contributed by atoms with Crippen molar-refractivity contribution in [3.05, 3.63) is 42.2 Å². The highest BCUT2D eigenvalue weighted by atomic mass is 32.2. The SMILES string of the molecule is CS(=O)(=O)c1ncc(OC2=NO[C@H](c3ccc(OC(F)(F)F)cc3)C2)cn1. The van der Waals surface area contributed by atoms with Crippen LogP contribution in [0.15, 0.2) is 47.0 Å². The highest BCUT2D eigenvalue weighted by molar-refractivity contribution is 7.90. The summed E-state index contributed by atoms with van der Waals surface area (Å²) < 4.78 is 68.3. The monoisotopic (exact) mass is 403 g/mol. The lowest BCUT2D eigenvalue weighted by atomic mass is 10.1. The third-order valence-corrected chi connectivity index (χ3v) is 4.17. The van der Waals surface area contributed by atoms with Gasteiger partial charge in [0.1, 0.15) is 5.75 Å². The molecule has 8 nitrogen and oxygen atoms in total. The van der Waals surface area contributed by atoms with E-state index in [-0.39, 0.29) is 29.0 Å². The zero-order chi connectivity index (χ0) is 19.7. The summed E-state index contributed by atoms with van der Waals surface area (Å²) in [6.07, 6.45) is -1.74. The van der Waals surface area contributed by atoms with Gasteiger partial charge in [-0.15, -0.1) is 13.2 Å². The number of oxime groups is 1. The molecule has 1 aliphatic heterocycles. The van der Waals surface area contributed by atoms with Crippen LogP contribution in [0.2, 0.25) is 0 Å². The number of aromatic nitrogens is 2. The maximum absolute atomic E-state index is 12.2. The number of halogens is 3. The predicted octanol–water partition coefficient (Wildman–Crippen LogP) is 2.63. The second-order valence-electron chi connectivity index (χ2n) is 5.48. The van der Waals surface area contributed by atoms with E-state index in [9.17, 15) is 21.6 Å². The van der Waals surface area contributed by atoms with Crippen molar-refractivity contribution in [1.82, 2.24) is 9.97 Å².